The highest BCUT2D eigenvalue weighted by molar-refractivity contribution is 8.15. The first kappa shape index (κ1) is 19.1. The van der Waals surface area contributed by atoms with Crippen LogP contribution in [0.2, 0.25) is 0 Å². The molecule has 1 N–H and O–H groups in total. The maximum atomic E-state index is 13.8. The van der Waals surface area contributed by atoms with Gasteiger partial charge in [-0.05, 0) is 49.2 Å². The lowest BCUT2D eigenvalue weighted by Gasteiger charge is -2.28. The Morgan fingerprint density at radius 1 is 1.22 bits per heavy atom. The van der Waals surface area contributed by atoms with Gasteiger partial charge in [0.15, 0.2) is 5.17 Å². The van der Waals surface area contributed by atoms with E-state index in [0.717, 1.165) is 16.8 Å². The van der Waals surface area contributed by atoms with Gasteiger partial charge in [-0.25, -0.2) is 9.38 Å². The number of nitrogens with zero attached hydrogens (tertiary/aromatic N) is 2. The molecule has 2 aromatic carbocycles. The maximum Gasteiger partial charge on any atom is 0.238 e. The van der Waals surface area contributed by atoms with Crippen LogP contribution in [0.25, 0.3) is 0 Å². The zero-order chi connectivity index (χ0) is 19.6. The molecule has 1 fully saturated rings. The summed E-state index contributed by atoms with van der Waals surface area (Å²) in [5, 5.41) is 2.34. The number of amidine groups is 1. The smallest absolute Gasteiger partial charge is 0.238 e. The Morgan fingerprint density at radius 2 is 1.96 bits per heavy atom. The summed E-state index contributed by atoms with van der Waals surface area (Å²) >= 11 is 1.20. The van der Waals surface area contributed by atoms with Crippen LogP contribution in [0, 0.1) is 19.7 Å². The van der Waals surface area contributed by atoms with Crippen molar-refractivity contribution in [1.29, 1.82) is 0 Å². The number of anilines is 1. The molecule has 0 radical (unpaired) electrons. The number of benzene rings is 2. The molecule has 7 heteroatoms. The lowest BCUT2D eigenvalue weighted by atomic mass is 10.1. The van der Waals surface area contributed by atoms with Crippen molar-refractivity contribution >= 4 is 40.1 Å². The van der Waals surface area contributed by atoms with Gasteiger partial charge in [-0.15, -0.1) is 0 Å². The van der Waals surface area contributed by atoms with E-state index in [2.05, 4.69) is 10.3 Å². The quantitative estimate of drug-likeness (QED) is 0.868. The Morgan fingerprint density at radius 3 is 2.67 bits per heavy atom. The average Bonchev–Trinajstić information content (AvgIpc) is 2.63. The normalized spacial score (nSPS) is 18.7. The molecule has 1 unspecified atom stereocenters. The summed E-state index contributed by atoms with van der Waals surface area (Å²) in [6, 6.07) is 11.7. The lowest BCUT2D eigenvalue weighted by molar-refractivity contribution is -0.128. The minimum Gasteiger partial charge on any atom is -0.323 e. The van der Waals surface area contributed by atoms with Gasteiger partial charge >= 0.3 is 0 Å². The number of para-hydroxylation sites is 1. The fraction of sp³-hybridized carbons (Fsp3) is 0.250. The molecule has 3 rings (SSSR count). The van der Waals surface area contributed by atoms with Crippen LogP contribution in [-0.2, 0) is 9.59 Å². The van der Waals surface area contributed by atoms with Crippen molar-refractivity contribution in [2.75, 3.05) is 12.4 Å². The predicted molar refractivity (Wildman–Crippen MR) is 107 cm³/mol. The molecule has 0 saturated carbocycles. The minimum absolute atomic E-state index is 0.0351. The third-order valence-electron chi connectivity index (χ3n) is 4.41. The first-order valence-corrected chi connectivity index (χ1v) is 9.37. The summed E-state index contributed by atoms with van der Waals surface area (Å²) in [6.45, 7) is 4.01. The summed E-state index contributed by atoms with van der Waals surface area (Å²) in [7, 11) is 1.64. The molecule has 0 bridgehead atoms. The Hall–Kier alpha value is -2.67. The highest BCUT2D eigenvalue weighted by Crippen LogP contribution is 2.29. The van der Waals surface area contributed by atoms with Crippen LogP contribution in [0.5, 0.6) is 0 Å². The van der Waals surface area contributed by atoms with E-state index < -0.39 is 17.0 Å². The number of amides is 2. The van der Waals surface area contributed by atoms with Crippen LogP contribution in [0.1, 0.15) is 17.5 Å². The number of rotatable bonds is 3. The SMILES string of the molecule is Cc1ccc(N=C2SC(C(=O)Nc3ccccc3F)CC(=O)N2C)cc1C. The van der Waals surface area contributed by atoms with E-state index in [0.29, 0.717) is 5.17 Å². The second kappa shape index (κ2) is 7.92. The highest BCUT2D eigenvalue weighted by Gasteiger charge is 2.34. The number of thioether (sulfide) groups is 1. The molecule has 1 aliphatic heterocycles. The highest BCUT2D eigenvalue weighted by atomic mass is 32.2. The molecular formula is C20H20FN3O2S. The summed E-state index contributed by atoms with van der Waals surface area (Å²) in [5.41, 5.74) is 3.07. The van der Waals surface area contributed by atoms with Crippen LogP contribution >= 0.6 is 11.8 Å². The number of aryl methyl sites for hydroxylation is 2. The molecule has 1 aliphatic rings. The van der Waals surface area contributed by atoms with Gasteiger partial charge in [0.25, 0.3) is 0 Å². The molecule has 1 saturated heterocycles. The van der Waals surface area contributed by atoms with Crippen molar-refractivity contribution in [3.8, 4) is 0 Å². The zero-order valence-electron chi connectivity index (χ0n) is 15.3. The van der Waals surface area contributed by atoms with Crippen molar-refractivity contribution in [2.24, 2.45) is 4.99 Å². The largest absolute Gasteiger partial charge is 0.323 e. The van der Waals surface area contributed by atoms with Crippen LogP contribution in [0.3, 0.4) is 0 Å². The zero-order valence-corrected chi connectivity index (χ0v) is 16.1. The van der Waals surface area contributed by atoms with E-state index in [4.69, 9.17) is 0 Å². The van der Waals surface area contributed by atoms with Crippen molar-refractivity contribution in [3.63, 3.8) is 0 Å². The number of hydrogen-bond donors (Lipinski definition) is 1. The van der Waals surface area contributed by atoms with Crippen molar-refractivity contribution in [3.05, 3.63) is 59.4 Å². The fourth-order valence-corrected chi connectivity index (χ4v) is 3.64. The van der Waals surface area contributed by atoms with Gasteiger partial charge in [0.1, 0.15) is 11.1 Å². The van der Waals surface area contributed by atoms with Gasteiger partial charge < -0.3 is 5.32 Å². The van der Waals surface area contributed by atoms with Gasteiger partial charge in [0.2, 0.25) is 11.8 Å². The van der Waals surface area contributed by atoms with E-state index in [-0.39, 0.29) is 18.0 Å². The standard InChI is InChI=1S/C20H20FN3O2S/c1-12-8-9-14(10-13(12)2)22-20-24(3)18(25)11-17(27-20)19(26)23-16-7-5-4-6-15(16)21/h4-10,17H,11H2,1-3H3,(H,23,26). The van der Waals surface area contributed by atoms with E-state index in [1.54, 1.807) is 19.2 Å². The van der Waals surface area contributed by atoms with Gasteiger partial charge in [-0.2, -0.15) is 0 Å². The first-order valence-electron chi connectivity index (χ1n) is 8.49. The van der Waals surface area contributed by atoms with Gasteiger partial charge in [0.05, 0.1) is 11.4 Å². The van der Waals surface area contributed by atoms with Crippen LogP contribution < -0.4 is 5.32 Å². The monoisotopic (exact) mass is 385 g/mol. The second-order valence-electron chi connectivity index (χ2n) is 6.40. The van der Waals surface area contributed by atoms with Gasteiger partial charge in [-0.3, -0.25) is 14.5 Å². The fourth-order valence-electron chi connectivity index (χ4n) is 2.58. The van der Waals surface area contributed by atoms with Crippen molar-refractivity contribution < 1.29 is 14.0 Å². The first-order chi connectivity index (χ1) is 12.8. The van der Waals surface area contributed by atoms with Crippen LogP contribution in [0.4, 0.5) is 15.8 Å². The third kappa shape index (κ3) is 4.36. The number of carbonyl (C=O) groups is 2. The summed E-state index contributed by atoms with van der Waals surface area (Å²) < 4.78 is 13.8. The third-order valence-corrected chi connectivity index (χ3v) is 5.65. The molecule has 0 aromatic heterocycles. The topological polar surface area (TPSA) is 61.8 Å². The molecule has 27 heavy (non-hydrogen) atoms. The van der Waals surface area contributed by atoms with E-state index >= 15 is 0 Å². The summed E-state index contributed by atoms with van der Waals surface area (Å²) in [5.74, 6) is -1.14. The Kier molecular flexibility index (Phi) is 5.60. The van der Waals surface area contributed by atoms with Gasteiger partial charge in [-0.1, -0.05) is 30.0 Å². The molecule has 1 heterocycles. The molecule has 5 nitrogen and oxygen atoms in total. The Bertz CT molecular complexity index is 929. The summed E-state index contributed by atoms with van der Waals surface area (Å²) in [4.78, 5) is 30.9. The van der Waals surface area contributed by atoms with Crippen LogP contribution in [-0.4, -0.2) is 34.2 Å². The van der Waals surface area contributed by atoms with E-state index in [1.165, 1.54) is 28.8 Å². The molecule has 0 spiro atoms. The van der Waals surface area contributed by atoms with Crippen molar-refractivity contribution in [1.82, 2.24) is 4.90 Å². The molecule has 1 atom stereocenters. The van der Waals surface area contributed by atoms with E-state index in [1.807, 2.05) is 32.0 Å². The van der Waals surface area contributed by atoms with E-state index in [9.17, 15) is 14.0 Å². The molecule has 0 aliphatic carbocycles. The number of carbonyl (C=O) groups excluding carboxylic acids is 2. The molecule has 140 valence electrons. The van der Waals surface area contributed by atoms with Gasteiger partial charge in [0, 0.05) is 13.5 Å². The number of aliphatic imine (C=N–C) groups is 1. The number of hydrogen-bond acceptors (Lipinski definition) is 4. The number of halogens is 1. The Labute approximate surface area is 161 Å². The number of nitrogens with one attached hydrogen (secondary N) is 1. The summed E-state index contributed by atoms with van der Waals surface area (Å²) in [6.07, 6.45) is 0.0351. The predicted octanol–water partition coefficient (Wildman–Crippen LogP) is 4.03. The average molecular weight is 385 g/mol. The Balaban J connectivity index is 1.81. The molecular weight excluding hydrogens is 365 g/mol. The second-order valence-corrected chi connectivity index (χ2v) is 7.57. The molecule has 2 aromatic rings. The van der Waals surface area contributed by atoms with Crippen LogP contribution in [0.15, 0.2) is 47.5 Å². The maximum absolute atomic E-state index is 13.8. The molecule has 2 amide bonds. The lowest BCUT2D eigenvalue weighted by Crippen LogP contribution is -2.43. The van der Waals surface area contributed by atoms with Crippen molar-refractivity contribution in [2.45, 2.75) is 25.5 Å². The minimum atomic E-state index is -0.668.